The molecule has 0 saturated carbocycles. The zero-order chi connectivity index (χ0) is 11.0. The molecule has 2 saturated heterocycles. The number of piperidine rings is 1. The lowest BCUT2D eigenvalue weighted by Crippen LogP contribution is -3.06. The fraction of sp³-hybridized carbons (Fsp3) is 1.00. The van der Waals surface area contributed by atoms with E-state index < -0.39 is 11.3 Å². The molecule has 2 aliphatic heterocycles. The molecule has 0 aromatic heterocycles. The van der Waals surface area contributed by atoms with Gasteiger partial charge in [0, 0.05) is 18.6 Å². The second kappa shape index (κ2) is 4.28. The van der Waals surface area contributed by atoms with E-state index in [0.717, 1.165) is 0 Å². The van der Waals surface area contributed by atoms with E-state index in [1.54, 1.807) is 0 Å². The minimum Gasteiger partial charge on any atom is -0.600 e. The molecule has 7 heteroatoms. The number of hydrogen-bond donors (Lipinski definition) is 4. The smallest absolute Gasteiger partial charge is 0.125 e. The van der Waals surface area contributed by atoms with E-state index in [0.29, 0.717) is 17.5 Å². The highest BCUT2D eigenvalue weighted by Gasteiger charge is 2.42. The lowest BCUT2D eigenvalue weighted by Gasteiger charge is -2.36. The third-order valence-electron chi connectivity index (χ3n) is 3.38. The van der Waals surface area contributed by atoms with E-state index in [4.69, 9.17) is 5.21 Å². The predicted octanol–water partition coefficient (Wildman–Crippen LogP) is -1.80. The van der Waals surface area contributed by atoms with Gasteiger partial charge in [0.1, 0.15) is 6.54 Å². The molecule has 2 fully saturated rings. The third-order valence-corrected chi connectivity index (χ3v) is 3.38. The monoisotopic (exact) mass is 220 g/mol. The molecule has 15 heavy (non-hydrogen) atoms. The highest BCUT2D eigenvalue weighted by molar-refractivity contribution is 4.95. The largest absolute Gasteiger partial charge is 0.600 e. The zero-order valence-electron chi connectivity index (χ0n) is 8.61. The lowest BCUT2D eigenvalue weighted by atomic mass is 9.85. The van der Waals surface area contributed by atoms with Crippen LogP contribution in [0, 0.1) is 11.1 Å². The van der Waals surface area contributed by atoms with Gasteiger partial charge >= 0.3 is 0 Å². The van der Waals surface area contributed by atoms with Gasteiger partial charge in [0.05, 0.1) is 6.04 Å². The van der Waals surface area contributed by atoms with Crippen LogP contribution in [-0.2, 0) is 0 Å². The van der Waals surface area contributed by atoms with Crippen LogP contribution >= 0.6 is 0 Å². The molecule has 2 aliphatic rings. The van der Waals surface area contributed by atoms with Crippen molar-refractivity contribution < 1.29 is 14.9 Å². The molecule has 6 nitrogen and oxygen atoms in total. The molecule has 0 aromatic carbocycles. The molecule has 0 amide bonds. The van der Waals surface area contributed by atoms with Crippen molar-refractivity contribution in [3.8, 4) is 0 Å². The Kier molecular flexibility index (Phi) is 3.19. The minimum absolute atomic E-state index is 0.0926. The molecule has 88 valence electrons. The molecule has 0 spiro atoms. The van der Waals surface area contributed by atoms with Gasteiger partial charge in [0.25, 0.3) is 0 Å². The fourth-order valence-corrected chi connectivity index (χ4v) is 2.50. The van der Waals surface area contributed by atoms with E-state index in [-0.39, 0.29) is 25.2 Å². The predicted molar refractivity (Wildman–Crippen MR) is 50.2 cm³/mol. The van der Waals surface area contributed by atoms with Gasteiger partial charge in [0.15, 0.2) is 0 Å². The van der Waals surface area contributed by atoms with Crippen LogP contribution in [0.25, 0.3) is 0 Å². The fourth-order valence-electron chi connectivity index (χ4n) is 2.50. The van der Waals surface area contributed by atoms with Gasteiger partial charge < -0.3 is 5.21 Å². The molecule has 2 rings (SSSR count). The Morgan fingerprint density at radius 3 is 3.00 bits per heavy atom. The van der Waals surface area contributed by atoms with Gasteiger partial charge in [-0.2, -0.15) is 0 Å². The highest BCUT2D eigenvalue weighted by Crippen LogP contribution is 2.28. The number of halogens is 1. The average molecular weight is 220 g/mol. The topological polar surface area (TPSA) is 75.0 Å². The van der Waals surface area contributed by atoms with E-state index in [1.807, 2.05) is 6.92 Å². The van der Waals surface area contributed by atoms with Crippen LogP contribution in [0.15, 0.2) is 0 Å². The van der Waals surface area contributed by atoms with Crippen molar-refractivity contribution >= 4 is 0 Å². The Balaban J connectivity index is 1.97. The molecule has 5 atom stereocenters. The van der Waals surface area contributed by atoms with E-state index in [2.05, 4.69) is 10.9 Å². The number of hydrazine groups is 1. The molecular formula is C8H17FN4O2. The third kappa shape index (κ3) is 2.27. The summed E-state index contributed by atoms with van der Waals surface area (Å²) in [5.41, 5.74) is 6.10. The molecule has 4 N–H and O–H groups in total. The number of rotatable bonds is 2. The van der Waals surface area contributed by atoms with E-state index in [1.165, 1.54) is 0 Å². The average Bonchev–Trinajstić information content (AvgIpc) is 2.48. The summed E-state index contributed by atoms with van der Waals surface area (Å²) < 4.78 is 13.5. The molecular weight excluding hydrogens is 203 g/mol. The van der Waals surface area contributed by atoms with Gasteiger partial charge in [-0.1, -0.05) is 0 Å². The standard InChI is InChI=1S/C8H17FN4O2/c1-5-7-2-6(3-13(14)15)12(9)4-8(7)11-10-5/h5-8,10-11,13-14H,2-4H2,1H3. The van der Waals surface area contributed by atoms with Crippen molar-refractivity contribution in [1.29, 1.82) is 0 Å². The molecule has 0 aromatic rings. The van der Waals surface area contributed by atoms with E-state index >= 15 is 0 Å². The lowest BCUT2D eigenvalue weighted by molar-refractivity contribution is -1.05. The Hall–Kier alpha value is -0.310. The number of quaternary nitrogens is 1. The molecule has 0 aliphatic carbocycles. The summed E-state index contributed by atoms with van der Waals surface area (Å²) in [4.78, 5) is 0. The number of fused-ring (bicyclic) bond motifs is 1. The first-order valence-corrected chi connectivity index (χ1v) is 5.23. The van der Waals surface area contributed by atoms with Crippen molar-refractivity contribution in [2.45, 2.75) is 31.5 Å². The van der Waals surface area contributed by atoms with Gasteiger partial charge in [-0.15, -0.1) is 9.60 Å². The van der Waals surface area contributed by atoms with Crippen LogP contribution in [0.2, 0.25) is 0 Å². The molecule has 0 radical (unpaired) electrons. The Morgan fingerprint density at radius 2 is 2.33 bits per heavy atom. The van der Waals surface area contributed by atoms with E-state index in [9.17, 15) is 9.69 Å². The van der Waals surface area contributed by atoms with Gasteiger partial charge in [0.2, 0.25) is 0 Å². The number of nitrogens with zero attached hydrogens (tertiary/aromatic N) is 1. The van der Waals surface area contributed by atoms with Crippen molar-refractivity contribution in [2.24, 2.45) is 5.92 Å². The summed E-state index contributed by atoms with van der Waals surface area (Å²) in [5, 5.41) is 18.9. The van der Waals surface area contributed by atoms with Gasteiger partial charge in [-0.05, 0) is 19.3 Å². The normalized spacial score (nSPS) is 44.0. The van der Waals surface area contributed by atoms with Crippen molar-refractivity contribution in [1.82, 2.24) is 16.0 Å². The van der Waals surface area contributed by atoms with Crippen LogP contribution in [0.4, 0.5) is 4.48 Å². The summed E-state index contributed by atoms with van der Waals surface area (Å²) in [5.74, 6) is 0.321. The first kappa shape index (κ1) is 11.2. The van der Waals surface area contributed by atoms with Crippen molar-refractivity contribution in [3.63, 3.8) is 0 Å². The summed E-state index contributed by atoms with van der Waals surface area (Å²) >= 11 is 0. The Morgan fingerprint density at radius 1 is 1.60 bits per heavy atom. The molecule has 2 heterocycles. The number of hydrogen-bond acceptors (Lipinski definition) is 5. The SMILES string of the molecule is CC1NNC2CN(F)C(C[NH+]([O-])O)CC12. The second-order valence-electron chi connectivity index (χ2n) is 4.42. The quantitative estimate of drug-likeness (QED) is 0.326. The Labute approximate surface area is 87.5 Å². The number of nitrogens with one attached hydrogen (secondary N) is 3. The van der Waals surface area contributed by atoms with Crippen LogP contribution in [-0.4, -0.2) is 41.5 Å². The molecule has 0 bridgehead atoms. The molecule has 5 unspecified atom stereocenters. The van der Waals surface area contributed by atoms with Gasteiger partial charge in [-0.3, -0.25) is 10.9 Å². The van der Waals surface area contributed by atoms with Crippen LogP contribution < -0.4 is 16.1 Å². The highest BCUT2D eigenvalue weighted by atomic mass is 19.2. The van der Waals surface area contributed by atoms with Crippen LogP contribution in [0.1, 0.15) is 13.3 Å². The maximum atomic E-state index is 13.5. The Bertz CT molecular complexity index is 231. The summed E-state index contributed by atoms with van der Waals surface area (Å²) in [6, 6.07) is -0.108. The summed E-state index contributed by atoms with van der Waals surface area (Å²) in [6.45, 7) is 2.18. The second-order valence-corrected chi connectivity index (χ2v) is 4.42. The van der Waals surface area contributed by atoms with Crippen molar-refractivity contribution in [2.75, 3.05) is 13.1 Å². The maximum absolute atomic E-state index is 13.5. The summed E-state index contributed by atoms with van der Waals surface area (Å²) in [6.07, 6.45) is 0.592. The van der Waals surface area contributed by atoms with Crippen LogP contribution in [0.3, 0.4) is 0 Å². The summed E-state index contributed by atoms with van der Waals surface area (Å²) in [7, 11) is 0. The first-order valence-electron chi connectivity index (χ1n) is 5.23. The van der Waals surface area contributed by atoms with Crippen molar-refractivity contribution in [3.05, 3.63) is 5.21 Å². The van der Waals surface area contributed by atoms with Gasteiger partial charge in [-0.25, -0.2) is 10.4 Å². The maximum Gasteiger partial charge on any atom is 0.125 e. The number of hydroxylamine groups is 2. The minimum atomic E-state index is -0.937. The zero-order valence-corrected chi connectivity index (χ0v) is 8.61. The first-order chi connectivity index (χ1) is 7.08. The van der Waals surface area contributed by atoms with Crippen LogP contribution in [0.5, 0.6) is 0 Å².